The van der Waals surface area contributed by atoms with Gasteiger partial charge in [0.05, 0.1) is 15.5 Å². The number of ether oxygens (including phenoxy) is 1. The fraction of sp³-hybridized carbons (Fsp3) is 0.500. The van der Waals surface area contributed by atoms with E-state index in [1.807, 2.05) is 51.3 Å². The van der Waals surface area contributed by atoms with E-state index in [0.29, 0.717) is 10.2 Å². The number of nitrogens with zero attached hydrogens (tertiary/aromatic N) is 1. The molecule has 2 N–H and O–H groups in total. The highest BCUT2D eigenvalue weighted by Gasteiger charge is 2.36. The van der Waals surface area contributed by atoms with E-state index in [4.69, 9.17) is 16.3 Å². The first-order chi connectivity index (χ1) is 13.3. The van der Waals surface area contributed by atoms with Gasteiger partial charge >= 0.3 is 11.2 Å². The quantitative estimate of drug-likeness (QED) is 0.560. The topological polar surface area (TPSA) is 80.3 Å². The van der Waals surface area contributed by atoms with Crippen LogP contribution in [0, 0.1) is 6.92 Å². The third-order valence-corrected chi connectivity index (χ3v) is 7.79. The summed E-state index contributed by atoms with van der Waals surface area (Å²) < 4.78 is 21.0. The van der Waals surface area contributed by atoms with E-state index < -0.39 is 43.3 Å². The van der Waals surface area contributed by atoms with Crippen LogP contribution in [0.2, 0.25) is 5.02 Å². The molecule has 29 heavy (non-hydrogen) atoms. The van der Waals surface area contributed by atoms with Crippen LogP contribution in [-0.2, 0) is 15.7 Å². The molecule has 1 amide bonds. The molecule has 2 rings (SSSR count). The molecule has 2 unspecified atom stereocenters. The van der Waals surface area contributed by atoms with Gasteiger partial charge in [-0.25, -0.2) is 14.3 Å². The SMILES string of the molecule is Cc1c[s+]([C@@H](NS(=O)C(C)(C)C)c2ccccc2Cl)c(NC(=O)OC(C)(C)C)n1. The van der Waals surface area contributed by atoms with Gasteiger partial charge in [0.2, 0.25) is 5.37 Å². The van der Waals surface area contributed by atoms with E-state index in [-0.39, 0.29) is 0 Å². The largest absolute Gasteiger partial charge is 0.443 e. The molecule has 6 nitrogen and oxygen atoms in total. The molecular formula is C20H29ClN3O3S2+. The van der Waals surface area contributed by atoms with Crippen LogP contribution >= 0.6 is 22.1 Å². The number of carbonyl (C=O) groups is 1. The lowest BCUT2D eigenvalue weighted by molar-refractivity contribution is 0.0636. The molecule has 0 spiro atoms. The minimum atomic E-state index is -1.36. The van der Waals surface area contributed by atoms with Crippen molar-refractivity contribution in [1.82, 2.24) is 9.71 Å². The van der Waals surface area contributed by atoms with Gasteiger partial charge in [0.1, 0.15) is 16.6 Å². The summed E-state index contributed by atoms with van der Waals surface area (Å²) in [6.07, 6.45) is -0.577. The van der Waals surface area contributed by atoms with Crippen LogP contribution in [0.3, 0.4) is 0 Å². The predicted molar refractivity (Wildman–Crippen MR) is 122 cm³/mol. The number of halogens is 1. The maximum absolute atomic E-state index is 12.9. The number of benzene rings is 1. The highest BCUT2D eigenvalue weighted by molar-refractivity contribution is 7.84. The number of hydrogen-bond donors (Lipinski definition) is 2. The Labute approximate surface area is 183 Å². The van der Waals surface area contributed by atoms with Crippen molar-refractivity contribution < 1.29 is 13.7 Å². The van der Waals surface area contributed by atoms with Crippen LogP contribution in [0.1, 0.15) is 58.2 Å². The van der Waals surface area contributed by atoms with E-state index >= 15 is 0 Å². The van der Waals surface area contributed by atoms with Crippen molar-refractivity contribution in [2.75, 3.05) is 5.32 Å². The van der Waals surface area contributed by atoms with Gasteiger partial charge in [-0.1, -0.05) is 29.8 Å². The summed E-state index contributed by atoms with van der Waals surface area (Å²) in [5, 5.41) is 5.31. The van der Waals surface area contributed by atoms with E-state index in [1.54, 1.807) is 26.8 Å². The van der Waals surface area contributed by atoms with Gasteiger partial charge < -0.3 is 4.74 Å². The van der Waals surface area contributed by atoms with Crippen molar-refractivity contribution in [1.29, 1.82) is 0 Å². The number of aromatic nitrogens is 1. The Hall–Kier alpha value is -1.48. The van der Waals surface area contributed by atoms with Crippen LogP contribution < -0.4 is 10.0 Å². The zero-order valence-electron chi connectivity index (χ0n) is 17.8. The molecule has 0 saturated heterocycles. The maximum Gasteiger partial charge on any atom is 0.417 e. The molecule has 0 aliphatic carbocycles. The van der Waals surface area contributed by atoms with Crippen molar-refractivity contribution in [2.45, 2.75) is 64.2 Å². The molecule has 2 aromatic rings. The number of aryl methyl sites for hydroxylation is 1. The zero-order valence-corrected chi connectivity index (χ0v) is 20.2. The van der Waals surface area contributed by atoms with Gasteiger partial charge in [-0.3, -0.25) is 0 Å². The predicted octanol–water partition coefficient (Wildman–Crippen LogP) is 5.74. The van der Waals surface area contributed by atoms with Gasteiger partial charge in [-0.15, -0.1) is 0 Å². The number of nitrogens with one attached hydrogen (secondary N) is 2. The number of rotatable bonds is 5. The summed E-state index contributed by atoms with van der Waals surface area (Å²) in [5.41, 5.74) is 0.929. The second kappa shape index (κ2) is 9.12. The molecule has 0 aliphatic heterocycles. The van der Waals surface area contributed by atoms with Gasteiger partial charge in [0.25, 0.3) is 0 Å². The molecule has 160 valence electrons. The van der Waals surface area contributed by atoms with Gasteiger partial charge in [-0.05, 0) is 54.5 Å². The summed E-state index contributed by atoms with van der Waals surface area (Å²) in [7, 11) is -2.07. The van der Waals surface area contributed by atoms with Crippen molar-refractivity contribution >= 4 is 44.3 Å². The van der Waals surface area contributed by atoms with Crippen LogP contribution in [-0.4, -0.2) is 25.6 Å². The van der Waals surface area contributed by atoms with Crippen molar-refractivity contribution in [3.8, 4) is 0 Å². The number of amides is 1. The fourth-order valence-electron chi connectivity index (χ4n) is 2.35. The first-order valence-electron chi connectivity index (χ1n) is 9.19. The molecule has 0 saturated carbocycles. The lowest BCUT2D eigenvalue weighted by Crippen LogP contribution is -2.35. The lowest BCUT2D eigenvalue weighted by Gasteiger charge is -2.22. The third-order valence-electron chi connectivity index (χ3n) is 3.62. The average Bonchev–Trinajstić information content (AvgIpc) is 2.90. The van der Waals surface area contributed by atoms with Crippen molar-refractivity contribution in [3.05, 3.63) is 45.9 Å². The van der Waals surface area contributed by atoms with E-state index in [2.05, 4.69) is 15.0 Å². The lowest BCUT2D eigenvalue weighted by atomic mass is 10.2. The molecule has 0 bridgehead atoms. The van der Waals surface area contributed by atoms with E-state index in [1.165, 1.54) is 0 Å². The Bertz CT molecular complexity index is 901. The molecule has 0 aliphatic rings. The summed E-state index contributed by atoms with van der Waals surface area (Å²) in [6.45, 7) is 12.9. The fourth-order valence-corrected chi connectivity index (χ4v) is 5.83. The summed E-state index contributed by atoms with van der Waals surface area (Å²) >= 11 is 6.46. The molecular weight excluding hydrogens is 430 g/mol. The monoisotopic (exact) mass is 458 g/mol. The van der Waals surface area contributed by atoms with Crippen molar-refractivity contribution in [2.24, 2.45) is 0 Å². The van der Waals surface area contributed by atoms with Crippen molar-refractivity contribution in [3.63, 3.8) is 0 Å². The number of carbonyl (C=O) groups excluding carboxylic acids is 1. The Balaban J connectivity index is 2.47. The Kier molecular flexibility index (Phi) is 7.48. The Morgan fingerprint density at radius 1 is 1.21 bits per heavy atom. The summed E-state index contributed by atoms with van der Waals surface area (Å²) in [6, 6.07) is 7.40. The first-order valence-corrected chi connectivity index (χ1v) is 12.1. The normalized spacial score (nSPS) is 15.0. The van der Waals surface area contributed by atoms with Gasteiger partial charge in [0, 0.05) is 16.0 Å². The Morgan fingerprint density at radius 2 is 1.83 bits per heavy atom. The smallest absolute Gasteiger partial charge is 0.417 e. The molecule has 0 fully saturated rings. The Morgan fingerprint density at radius 3 is 2.38 bits per heavy atom. The highest BCUT2D eigenvalue weighted by atomic mass is 35.5. The molecule has 0 radical (unpaired) electrons. The van der Waals surface area contributed by atoms with E-state index in [0.717, 1.165) is 11.3 Å². The number of hydrogen-bond acceptors (Lipinski definition) is 4. The van der Waals surface area contributed by atoms with Crippen LogP contribution in [0.5, 0.6) is 0 Å². The van der Waals surface area contributed by atoms with Crippen LogP contribution in [0.15, 0.2) is 29.6 Å². The average molecular weight is 459 g/mol. The van der Waals surface area contributed by atoms with Gasteiger partial charge in [-0.2, -0.15) is 9.71 Å². The van der Waals surface area contributed by atoms with Gasteiger partial charge in [0.15, 0.2) is 5.38 Å². The second-order valence-electron chi connectivity index (χ2n) is 8.58. The molecule has 1 heterocycles. The number of thiazole rings is 1. The molecule has 3 atom stereocenters. The maximum atomic E-state index is 12.9. The molecule has 9 heteroatoms. The first kappa shape index (κ1) is 23.8. The minimum Gasteiger partial charge on any atom is -0.443 e. The summed E-state index contributed by atoms with van der Waals surface area (Å²) in [4.78, 5) is 16.8. The summed E-state index contributed by atoms with van der Waals surface area (Å²) in [5.74, 6) is 0. The minimum absolute atomic E-state index is 0.421. The molecule has 1 aromatic carbocycles. The molecule has 1 aromatic heterocycles. The van der Waals surface area contributed by atoms with Crippen LogP contribution in [0.4, 0.5) is 9.93 Å². The third kappa shape index (κ3) is 6.77. The zero-order chi connectivity index (χ0) is 22.0. The highest BCUT2D eigenvalue weighted by Crippen LogP contribution is 2.44. The van der Waals surface area contributed by atoms with Crippen LogP contribution in [0.25, 0.3) is 0 Å². The van der Waals surface area contributed by atoms with E-state index in [9.17, 15) is 9.00 Å². The second-order valence-corrected chi connectivity index (χ2v) is 12.8. The number of anilines is 1. The standard InChI is InChI=1S/C20H28ClN3O3S2/c1-13-12-28(17(22-13)23-18(25)27-19(2,3)4)16(24-29(26)20(5,6)7)14-10-8-9-11-15(14)21/h8-12,16,24H,1-7H3/p+1/t16-,28?,29?/m1/s1.